The van der Waals surface area contributed by atoms with Gasteiger partial charge in [0.1, 0.15) is 6.61 Å². The molecule has 0 N–H and O–H groups in total. The van der Waals surface area contributed by atoms with Crippen LogP contribution in [0.15, 0.2) is 24.9 Å². The Balaban J connectivity index is 2.47. The zero-order chi connectivity index (χ0) is 7.40. The van der Waals surface area contributed by atoms with Gasteiger partial charge >= 0.3 is 6.09 Å². The molecule has 0 bridgehead atoms. The van der Waals surface area contributed by atoms with E-state index in [0.29, 0.717) is 13.2 Å². The number of hydrogen-bond acceptors (Lipinski definition) is 2. The Hall–Kier alpha value is -1.25. The van der Waals surface area contributed by atoms with Gasteiger partial charge in [-0.2, -0.15) is 0 Å². The van der Waals surface area contributed by atoms with Crippen LogP contribution in [0.2, 0.25) is 0 Å². The zero-order valence-corrected chi connectivity index (χ0v) is 5.62. The molecule has 1 aliphatic heterocycles. The lowest BCUT2D eigenvalue weighted by Crippen LogP contribution is -2.16. The monoisotopic (exact) mass is 139 g/mol. The Morgan fingerprint density at radius 1 is 1.70 bits per heavy atom. The van der Waals surface area contributed by atoms with Gasteiger partial charge < -0.3 is 4.74 Å². The molecule has 10 heavy (non-hydrogen) atoms. The van der Waals surface area contributed by atoms with E-state index in [1.54, 1.807) is 18.4 Å². The number of carbonyl (C=O) groups is 1. The van der Waals surface area contributed by atoms with Crippen LogP contribution >= 0.6 is 0 Å². The SMILES string of the molecule is C=CC=CN1CCOC1=O. The molecule has 1 amide bonds. The molecule has 3 heteroatoms. The summed E-state index contributed by atoms with van der Waals surface area (Å²) in [4.78, 5) is 12.2. The Morgan fingerprint density at radius 2 is 2.50 bits per heavy atom. The van der Waals surface area contributed by atoms with Gasteiger partial charge in [-0.25, -0.2) is 4.79 Å². The molecular weight excluding hydrogens is 130 g/mol. The zero-order valence-electron chi connectivity index (χ0n) is 5.62. The van der Waals surface area contributed by atoms with Gasteiger partial charge in [0.05, 0.1) is 6.54 Å². The van der Waals surface area contributed by atoms with E-state index in [9.17, 15) is 4.79 Å². The number of amides is 1. The molecule has 0 aromatic rings. The van der Waals surface area contributed by atoms with Crippen LogP contribution in [-0.4, -0.2) is 24.1 Å². The predicted molar refractivity (Wildman–Crippen MR) is 37.4 cm³/mol. The second kappa shape index (κ2) is 3.06. The fourth-order valence-corrected chi connectivity index (χ4v) is 0.706. The normalized spacial score (nSPS) is 18.0. The van der Waals surface area contributed by atoms with Crippen molar-refractivity contribution in [2.45, 2.75) is 0 Å². The molecule has 0 radical (unpaired) electrons. The van der Waals surface area contributed by atoms with Crippen LogP contribution in [0.5, 0.6) is 0 Å². The highest BCUT2D eigenvalue weighted by molar-refractivity contribution is 5.70. The maximum absolute atomic E-state index is 10.7. The van der Waals surface area contributed by atoms with Crippen LogP contribution < -0.4 is 0 Å². The lowest BCUT2D eigenvalue weighted by Gasteiger charge is -2.02. The van der Waals surface area contributed by atoms with Gasteiger partial charge in [-0.05, 0) is 6.08 Å². The first-order valence-electron chi connectivity index (χ1n) is 3.07. The molecular formula is C7H9NO2. The van der Waals surface area contributed by atoms with Gasteiger partial charge in [0.15, 0.2) is 0 Å². The van der Waals surface area contributed by atoms with E-state index in [-0.39, 0.29) is 6.09 Å². The summed E-state index contributed by atoms with van der Waals surface area (Å²) in [7, 11) is 0. The topological polar surface area (TPSA) is 29.5 Å². The summed E-state index contributed by atoms with van der Waals surface area (Å²) in [6.07, 6.45) is 4.69. The first-order chi connectivity index (χ1) is 4.84. The molecule has 0 aromatic carbocycles. The molecule has 54 valence electrons. The van der Waals surface area contributed by atoms with Gasteiger partial charge in [-0.3, -0.25) is 4.90 Å². The Bertz CT molecular complexity index is 174. The Morgan fingerprint density at radius 3 is 3.00 bits per heavy atom. The fraction of sp³-hybridized carbons (Fsp3) is 0.286. The molecule has 0 spiro atoms. The number of hydrogen-bond donors (Lipinski definition) is 0. The van der Waals surface area contributed by atoms with Gasteiger partial charge in [0.25, 0.3) is 0 Å². The second-order valence-electron chi connectivity index (χ2n) is 1.88. The number of ether oxygens (including phenoxy) is 1. The van der Waals surface area contributed by atoms with E-state index in [0.717, 1.165) is 0 Å². The average Bonchev–Trinajstić information content (AvgIpc) is 2.31. The largest absolute Gasteiger partial charge is 0.447 e. The third kappa shape index (κ3) is 1.37. The minimum Gasteiger partial charge on any atom is -0.447 e. The standard InChI is InChI=1S/C7H9NO2/c1-2-3-4-8-5-6-10-7(8)9/h2-4H,1,5-6H2. The van der Waals surface area contributed by atoms with Crippen molar-refractivity contribution in [3.05, 3.63) is 24.9 Å². The van der Waals surface area contributed by atoms with Crippen molar-refractivity contribution in [1.29, 1.82) is 0 Å². The number of carbonyl (C=O) groups excluding carboxylic acids is 1. The van der Waals surface area contributed by atoms with Crippen molar-refractivity contribution >= 4 is 6.09 Å². The molecule has 0 atom stereocenters. The summed E-state index contributed by atoms with van der Waals surface area (Å²) in [6, 6.07) is 0. The maximum atomic E-state index is 10.7. The molecule has 3 nitrogen and oxygen atoms in total. The second-order valence-corrected chi connectivity index (χ2v) is 1.88. The Kier molecular flexibility index (Phi) is 2.10. The summed E-state index contributed by atoms with van der Waals surface area (Å²) in [6.45, 7) is 4.61. The van der Waals surface area contributed by atoms with E-state index in [1.165, 1.54) is 4.90 Å². The van der Waals surface area contributed by atoms with E-state index in [4.69, 9.17) is 0 Å². The maximum Gasteiger partial charge on any atom is 0.413 e. The van der Waals surface area contributed by atoms with E-state index in [1.807, 2.05) is 0 Å². The average molecular weight is 139 g/mol. The minimum absolute atomic E-state index is 0.280. The molecule has 0 unspecified atom stereocenters. The fourth-order valence-electron chi connectivity index (χ4n) is 0.706. The highest BCUT2D eigenvalue weighted by Crippen LogP contribution is 2.02. The molecule has 0 aromatic heterocycles. The van der Waals surface area contributed by atoms with Crippen molar-refractivity contribution in [2.24, 2.45) is 0 Å². The third-order valence-corrected chi connectivity index (χ3v) is 1.19. The molecule has 1 aliphatic rings. The summed E-state index contributed by atoms with van der Waals surface area (Å²) >= 11 is 0. The lowest BCUT2D eigenvalue weighted by molar-refractivity contribution is 0.166. The highest BCUT2D eigenvalue weighted by atomic mass is 16.6. The van der Waals surface area contributed by atoms with Crippen LogP contribution in [0.25, 0.3) is 0 Å². The third-order valence-electron chi connectivity index (χ3n) is 1.19. The van der Waals surface area contributed by atoms with E-state index >= 15 is 0 Å². The van der Waals surface area contributed by atoms with Crippen LogP contribution in [0.1, 0.15) is 0 Å². The van der Waals surface area contributed by atoms with Crippen LogP contribution in [0, 0.1) is 0 Å². The molecule has 0 saturated carbocycles. The summed E-state index contributed by atoms with van der Waals surface area (Å²) in [5.41, 5.74) is 0. The summed E-state index contributed by atoms with van der Waals surface area (Å²) < 4.78 is 4.66. The van der Waals surface area contributed by atoms with Crippen LogP contribution in [-0.2, 0) is 4.74 Å². The van der Waals surface area contributed by atoms with Gasteiger partial charge in [0.2, 0.25) is 0 Å². The van der Waals surface area contributed by atoms with Crippen molar-refractivity contribution in [3.63, 3.8) is 0 Å². The predicted octanol–water partition coefficient (Wildman–Crippen LogP) is 1.14. The summed E-state index contributed by atoms with van der Waals surface area (Å²) in [5, 5.41) is 0. The van der Waals surface area contributed by atoms with Gasteiger partial charge in [-0.1, -0.05) is 12.7 Å². The highest BCUT2D eigenvalue weighted by Gasteiger charge is 2.18. The molecule has 1 rings (SSSR count). The summed E-state index contributed by atoms with van der Waals surface area (Å²) in [5.74, 6) is 0. The van der Waals surface area contributed by atoms with Crippen molar-refractivity contribution in [2.75, 3.05) is 13.2 Å². The Labute approximate surface area is 59.6 Å². The van der Waals surface area contributed by atoms with Gasteiger partial charge in [0, 0.05) is 6.20 Å². The minimum atomic E-state index is -0.280. The van der Waals surface area contributed by atoms with E-state index < -0.39 is 0 Å². The van der Waals surface area contributed by atoms with Crippen molar-refractivity contribution in [1.82, 2.24) is 4.90 Å². The first-order valence-corrected chi connectivity index (χ1v) is 3.07. The molecule has 0 aliphatic carbocycles. The molecule has 1 heterocycles. The smallest absolute Gasteiger partial charge is 0.413 e. The number of rotatable bonds is 2. The number of cyclic esters (lactones) is 1. The number of allylic oxidation sites excluding steroid dienone is 2. The van der Waals surface area contributed by atoms with Crippen molar-refractivity contribution in [3.8, 4) is 0 Å². The molecule has 1 fully saturated rings. The van der Waals surface area contributed by atoms with Crippen molar-refractivity contribution < 1.29 is 9.53 Å². The lowest BCUT2D eigenvalue weighted by atomic mass is 10.5. The van der Waals surface area contributed by atoms with E-state index in [2.05, 4.69) is 11.3 Å². The van der Waals surface area contributed by atoms with Crippen LogP contribution in [0.3, 0.4) is 0 Å². The number of nitrogens with zero attached hydrogens (tertiary/aromatic N) is 1. The molecule has 1 saturated heterocycles. The quantitative estimate of drug-likeness (QED) is 0.537. The van der Waals surface area contributed by atoms with Crippen LogP contribution in [0.4, 0.5) is 4.79 Å². The van der Waals surface area contributed by atoms with Gasteiger partial charge in [-0.15, -0.1) is 0 Å². The first kappa shape index (κ1) is 6.86.